The molecule has 0 spiro atoms. The van der Waals surface area contributed by atoms with Crippen LogP contribution in [0.2, 0.25) is 0 Å². The second kappa shape index (κ2) is 7.28. The van der Waals surface area contributed by atoms with Gasteiger partial charge in [-0.1, -0.05) is 19.9 Å². The molecule has 0 bridgehead atoms. The maximum atomic E-state index is 5.92. The lowest BCUT2D eigenvalue weighted by Gasteiger charge is -2.27. The highest BCUT2D eigenvalue weighted by molar-refractivity contribution is 5.52. The molecular weight excluding hydrogens is 258 g/mol. The van der Waals surface area contributed by atoms with Crippen molar-refractivity contribution < 1.29 is 0 Å². The van der Waals surface area contributed by atoms with E-state index >= 15 is 0 Å². The summed E-state index contributed by atoms with van der Waals surface area (Å²) in [6.07, 6.45) is 2.25. The summed E-state index contributed by atoms with van der Waals surface area (Å²) in [5, 5.41) is 0. The predicted molar refractivity (Wildman–Crippen MR) is 92.1 cm³/mol. The van der Waals surface area contributed by atoms with E-state index in [1.54, 1.807) is 0 Å². The van der Waals surface area contributed by atoms with Crippen LogP contribution >= 0.6 is 0 Å². The van der Waals surface area contributed by atoms with Crippen LogP contribution in [0.1, 0.15) is 38.3 Å². The first kappa shape index (κ1) is 16.3. The molecule has 21 heavy (non-hydrogen) atoms. The minimum atomic E-state index is 0.230. The number of likely N-dealkylation sites (N-methyl/N-ethyl adjacent to an activating group) is 1. The molecule has 0 saturated carbocycles. The maximum absolute atomic E-state index is 5.92. The van der Waals surface area contributed by atoms with Crippen molar-refractivity contribution >= 4 is 5.69 Å². The third kappa shape index (κ3) is 3.98. The minimum absolute atomic E-state index is 0.230. The summed E-state index contributed by atoms with van der Waals surface area (Å²) in [4.78, 5) is 5.11. The van der Waals surface area contributed by atoms with Crippen LogP contribution in [0.5, 0.6) is 0 Å². The molecule has 1 heterocycles. The van der Waals surface area contributed by atoms with Gasteiger partial charge in [-0.15, -0.1) is 0 Å². The Kier molecular flexibility index (Phi) is 5.65. The fraction of sp³-hybridized carbons (Fsp3) is 0.667. The summed E-state index contributed by atoms with van der Waals surface area (Å²) in [5.74, 6) is 0. The van der Waals surface area contributed by atoms with Gasteiger partial charge in [-0.2, -0.15) is 0 Å². The SMILES string of the molecule is CCN(CC)C1CCN(c2ccc(CC(C)N)c(C)c2)C1. The first-order valence-electron chi connectivity index (χ1n) is 8.39. The Bertz CT molecular complexity index is 452. The molecule has 2 atom stereocenters. The normalized spacial score (nSPS) is 20.3. The number of hydrogen-bond donors (Lipinski definition) is 1. The molecule has 1 aromatic carbocycles. The number of anilines is 1. The lowest BCUT2D eigenvalue weighted by atomic mass is 10.0. The molecule has 2 N–H and O–H groups in total. The molecule has 0 radical (unpaired) electrons. The fourth-order valence-corrected chi connectivity index (χ4v) is 3.47. The number of rotatable bonds is 6. The molecule has 1 aliphatic heterocycles. The van der Waals surface area contributed by atoms with Crippen molar-refractivity contribution in [2.45, 2.75) is 52.6 Å². The van der Waals surface area contributed by atoms with E-state index in [9.17, 15) is 0 Å². The topological polar surface area (TPSA) is 32.5 Å². The number of nitrogens with zero attached hydrogens (tertiary/aromatic N) is 2. The van der Waals surface area contributed by atoms with Crippen LogP contribution in [0.15, 0.2) is 18.2 Å². The van der Waals surface area contributed by atoms with E-state index in [4.69, 9.17) is 5.73 Å². The van der Waals surface area contributed by atoms with Crippen LogP contribution in [0, 0.1) is 6.92 Å². The van der Waals surface area contributed by atoms with Crippen LogP contribution in [0.4, 0.5) is 5.69 Å². The maximum Gasteiger partial charge on any atom is 0.0369 e. The van der Waals surface area contributed by atoms with Crippen LogP contribution in [-0.4, -0.2) is 43.2 Å². The zero-order valence-corrected chi connectivity index (χ0v) is 14.1. The zero-order chi connectivity index (χ0) is 15.4. The molecule has 1 aromatic rings. The van der Waals surface area contributed by atoms with Gasteiger partial charge in [0.1, 0.15) is 0 Å². The molecule has 0 amide bonds. The van der Waals surface area contributed by atoms with E-state index < -0.39 is 0 Å². The van der Waals surface area contributed by atoms with Crippen LogP contribution < -0.4 is 10.6 Å². The van der Waals surface area contributed by atoms with Crippen LogP contribution in [0.3, 0.4) is 0 Å². The summed E-state index contributed by atoms with van der Waals surface area (Å²) in [7, 11) is 0. The summed E-state index contributed by atoms with van der Waals surface area (Å²) >= 11 is 0. The quantitative estimate of drug-likeness (QED) is 0.874. The van der Waals surface area contributed by atoms with Crippen molar-refractivity contribution in [3.8, 4) is 0 Å². The fourth-order valence-electron chi connectivity index (χ4n) is 3.47. The molecular formula is C18H31N3. The molecule has 2 rings (SSSR count). The second-order valence-electron chi connectivity index (χ2n) is 6.40. The average molecular weight is 289 g/mol. The summed E-state index contributed by atoms with van der Waals surface area (Å²) in [6, 6.07) is 7.81. The molecule has 1 aliphatic rings. The van der Waals surface area contributed by atoms with E-state index in [2.05, 4.69) is 55.7 Å². The van der Waals surface area contributed by atoms with Gasteiger partial charge in [0.05, 0.1) is 0 Å². The minimum Gasteiger partial charge on any atom is -0.370 e. The van der Waals surface area contributed by atoms with Crippen molar-refractivity contribution in [2.75, 3.05) is 31.1 Å². The van der Waals surface area contributed by atoms with Gasteiger partial charge in [-0.05, 0) is 63.0 Å². The number of benzene rings is 1. The third-order valence-electron chi connectivity index (χ3n) is 4.73. The van der Waals surface area contributed by atoms with Crippen molar-refractivity contribution in [3.63, 3.8) is 0 Å². The highest BCUT2D eigenvalue weighted by Crippen LogP contribution is 2.25. The van der Waals surface area contributed by atoms with Gasteiger partial charge >= 0.3 is 0 Å². The van der Waals surface area contributed by atoms with Gasteiger partial charge in [0, 0.05) is 30.9 Å². The van der Waals surface area contributed by atoms with Gasteiger partial charge in [-0.3, -0.25) is 4.90 Å². The van der Waals surface area contributed by atoms with Gasteiger partial charge in [-0.25, -0.2) is 0 Å². The van der Waals surface area contributed by atoms with Gasteiger partial charge in [0.25, 0.3) is 0 Å². The number of aryl methyl sites for hydroxylation is 1. The van der Waals surface area contributed by atoms with Crippen molar-refractivity contribution in [1.82, 2.24) is 4.90 Å². The molecule has 0 aromatic heterocycles. The molecule has 1 fully saturated rings. The molecule has 0 aliphatic carbocycles. The van der Waals surface area contributed by atoms with E-state index in [-0.39, 0.29) is 6.04 Å². The zero-order valence-electron chi connectivity index (χ0n) is 14.1. The highest BCUT2D eigenvalue weighted by Gasteiger charge is 2.26. The highest BCUT2D eigenvalue weighted by atomic mass is 15.2. The Balaban J connectivity index is 2.05. The van der Waals surface area contributed by atoms with Crippen molar-refractivity contribution in [3.05, 3.63) is 29.3 Å². The Morgan fingerprint density at radius 1 is 1.33 bits per heavy atom. The Morgan fingerprint density at radius 2 is 2.05 bits per heavy atom. The number of hydrogen-bond acceptors (Lipinski definition) is 3. The first-order chi connectivity index (χ1) is 10.0. The Labute approximate surface area is 130 Å². The smallest absolute Gasteiger partial charge is 0.0369 e. The Hall–Kier alpha value is -1.06. The predicted octanol–water partition coefficient (Wildman–Crippen LogP) is 2.81. The molecule has 3 heteroatoms. The van der Waals surface area contributed by atoms with Gasteiger partial charge in [0.2, 0.25) is 0 Å². The average Bonchev–Trinajstić information content (AvgIpc) is 2.92. The monoisotopic (exact) mass is 289 g/mol. The van der Waals surface area contributed by atoms with Crippen LogP contribution in [0.25, 0.3) is 0 Å². The lowest BCUT2D eigenvalue weighted by Crippen LogP contribution is -2.37. The number of nitrogens with two attached hydrogens (primary N) is 1. The second-order valence-corrected chi connectivity index (χ2v) is 6.40. The molecule has 2 unspecified atom stereocenters. The van der Waals surface area contributed by atoms with Crippen LogP contribution in [-0.2, 0) is 6.42 Å². The summed E-state index contributed by atoms with van der Waals surface area (Å²) in [6.45, 7) is 13.4. The standard InChI is InChI=1S/C18H31N3/c1-5-20(6-2)18-9-10-21(13-18)17-8-7-16(12-15(4)19)14(3)11-17/h7-8,11,15,18H,5-6,9-10,12-13,19H2,1-4H3. The van der Waals surface area contributed by atoms with Gasteiger partial charge < -0.3 is 10.6 Å². The van der Waals surface area contributed by atoms with E-state index in [1.807, 2.05) is 0 Å². The lowest BCUT2D eigenvalue weighted by molar-refractivity contribution is 0.232. The largest absolute Gasteiger partial charge is 0.370 e. The van der Waals surface area contributed by atoms with Gasteiger partial charge in [0.15, 0.2) is 0 Å². The molecule has 3 nitrogen and oxygen atoms in total. The van der Waals surface area contributed by atoms with Crippen molar-refractivity contribution in [2.24, 2.45) is 5.73 Å². The Morgan fingerprint density at radius 3 is 2.62 bits per heavy atom. The summed E-state index contributed by atoms with van der Waals surface area (Å²) < 4.78 is 0. The van der Waals surface area contributed by atoms with Crippen molar-refractivity contribution in [1.29, 1.82) is 0 Å². The molecule has 118 valence electrons. The summed E-state index contributed by atoms with van der Waals surface area (Å²) in [5.41, 5.74) is 10.0. The van der Waals surface area contributed by atoms with E-state index in [0.29, 0.717) is 6.04 Å². The molecule has 1 saturated heterocycles. The third-order valence-corrected chi connectivity index (χ3v) is 4.73. The van der Waals surface area contributed by atoms with E-state index in [1.165, 1.54) is 29.8 Å². The first-order valence-corrected chi connectivity index (χ1v) is 8.39. The van der Waals surface area contributed by atoms with E-state index in [0.717, 1.165) is 26.1 Å².